The summed E-state index contributed by atoms with van der Waals surface area (Å²) in [6, 6.07) is 6.38. The van der Waals surface area contributed by atoms with Crippen LogP contribution in [0.1, 0.15) is 17.7 Å². The lowest BCUT2D eigenvalue weighted by Gasteiger charge is -2.12. The molecule has 0 saturated heterocycles. The SMILES string of the molecule is N#Cc1c2n(c(=O)n(CC(=O)Nc3cc(Cl)ccc3Cl)c1=O)CCC2. The molecule has 0 atom stereocenters. The fourth-order valence-electron chi connectivity index (χ4n) is 2.81. The van der Waals surface area contributed by atoms with Gasteiger partial charge in [-0.25, -0.2) is 9.36 Å². The molecular weight excluding hydrogens is 367 g/mol. The van der Waals surface area contributed by atoms with Gasteiger partial charge in [0, 0.05) is 17.3 Å². The Morgan fingerprint density at radius 1 is 1.32 bits per heavy atom. The molecule has 1 amide bonds. The second kappa shape index (κ2) is 6.75. The summed E-state index contributed by atoms with van der Waals surface area (Å²) in [7, 11) is 0. The van der Waals surface area contributed by atoms with E-state index in [0.29, 0.717) is 30.1 Å². The molecule has 0 fully saturated rings. The van der Waals surface area contributed by atoms with E-state index in [1.807, 2.05) is 6.07 Å². The molecule has 128 valence electrons. The van der Waals surface area contributed by atoms with Crippen molar-refractivity contribution in [2.24, 2.45) is 0 Å². The predicted octanol–water partition coefficient (Wildman–Crippen LogP) is 1.77. The van der Waals surface area contributed by atoms with Crippen molar-refractivity contribution in [1.82, 2.24) is 9.13 Å². The second-order valence-corrected chi connectivity index (χ2v) is 6.38. The fraction of sp³-hybridized carbons (Fsp3) is 0.250. The van der Waals surface area contributed by atoms with Crippen LogP contribution in [0.4, 0.5) is 5.69 Å². The van der Waals surface area contributed by atoms with Gasteiger partial charge in [-0.15, -0.1) is 0 Å². The Hall–Kier alpha value is -2.56. The topological polar surface area (TPSA) is 96.9 Å². The number of benzene rings is 1. The molecule has 0 saturated carbocycles. The van der Waals surface area contributed by atoms with E-state index in [1.165, 1.54) is 16.7 Å². The molecule has 1 aromatic heterocycles. The number of hydrogen-bond donors (Lipinski definition) is 1. The number of anilines is 1. The number of nitrogens with one attached hydrogen (secondary N) is 1. The van der Waals surface area contributed by atoms with Crippen LogP contribution in [-0.2, 0) is 24.3 Å². The molecule has 0 bridgehead atoms. The molecule has 0 unspecified atom stereocenters. The molecule has 3 rings (SSSR count). The van der Waals surface area contributed by atoms with Gasteiger partial charge in [0.2, 0.25) is 5.91 Å². The summed E-state index contributed by atoms with van der Waals surface area (Å²) in [5, 5.41) is 12.4. The quantitative estimate of drug-likeness (QED) is 0.879. The van der Waals surface area contributed by atoms with E-state index < -0.39 is 23.7 Å². The van der Waals surface area contributed by atoms with E-state index in [4.69, 9.17) is 23.2 Å². The van der Waals surface area contributed by atoms with Crippen molar-refractivity contribution >= 4 is 34.8 Å². The summed E-state index contributed by atoms with van der Waals surface area (Å²) in [5.74, 6) is -0.620. The van der Waals surface area contributed by atoms with E-state index in [0.717, 1.165) is 4.57 Å². The van der Waals surface area contributed by atoms with Gasteiger partial charge in [-0.2, -0.15) is 5.26 Å². The third-order valence-corrected chi connectivity index (χ3v) is 4.51. The molecule has 0 aliphatic carbocycles. The number of nitrogens with zero attached hydrogens (tertiary/aromatic N) is 3. The Morgan fingerprint density at radius 2 is 2.08 bits per heavy atom. The van der Waals surface area contributed by atoms with Crippen LogP contribution in [0.3, 0.4) is 0 Å². The zero-order valence-electron chi connectivity index (χ0n) is 12.9. The van der Waals surface area contributed by atoms with Crippen molar-refractivity contribution in [2.75, 3.05) is 5.32 Å². The number of hydrogen-bond acceptors (Lipinski definition) is 4. The van der Waals surface area contributed by atoms with Crippen molar-refractivity contribution in [2.45, 2.75) is 25.9 Å². The van der Waals surface area contributed by atoms with Crippen molar-refractivity contribution in [3.63, 3.8) is 0 Å². The third kappa shape index (κ3) is 3.18. The molecular formula is C16H12Cl2N4O3. The first-order valence-electron chi connectivity index (χ1n) is 7.44. The first-order valence-corrected chi connectivity index (χ1v) is 8.19. The van der Waals surface area contributed by atoms with E-state index >= 15 is 0 Å². The molecule has 2 aromatic rings. The number of aromatic nitrogens is 2. The highest BCUT2D eigenvalue weighted by molar-refractivity contribution is 6.35. The molecule has 1 aromatic carbocycles. The van der Waals surface area contributed by atoms with E-state index in [1.54, 1.807) is 6.07 Å². The first kappa shape index (κ1) is 17.3. The van der Waals surface area contributed by atoms with Gasteiger partial charge in [0.05, 0.1) is 10.7 Å². The van der Waals surface area contributed by atoms with Crippen LogP contribution in [0.15, 0.2) is 27.8 Å². The van der Waals surface area contributed by atoms with Crippen molar-refractivity contribution in [3.05, 3.63) is 60.3 Å². The summed E-state index contributed by atoms with van der Waals surface area (Å²) < 4.78 is 2.14. The lowest BCUT2D eigenvalue weighted by Crippen LogP contribution is -2.44. The van der Waals surface area contributed by atoms with Gasteiger partial charge in [0.15, 0.2) is 0 Å². The van der Waals surface area contributed by atoms with Gasteiger partial charge in [0.1, 0.15) is 18.2 Å². The molecule has 2 heterocycles. The maximum absolute atomic E-state index is 12.4. The number of carbonyl (C=O) groups excluding carboxylic acids is 1. The average molecular weight is 379 g/mol. The Morgan fingerprint density at radius 3 is 2.80 bits per heavy atom. The number of halogens is 2. The zero-order valence-corrected chi connectivity index (χ0v) is 14.4. The van der Waals surface area contributed by atoms with Crippen molar-refractivity contribution in [3.8, 4) is 6.07 Å². The highest BCUT2D eigenvalue weighted by Crippen LogP contribution is 2.25. The van der Waals surface area contributed by atoms with Gasteiger partial charge in [-0.05, 0) is 31.0 Å². The van der Waals surface area contributed by atoms with Crippen LogP contribution in [0.2, 0.25) is 10.0 Å². The fourth-order valence-corrected chi connectivity index (χ4v) is 3.15. The van der Waals surface area contributed by atoms with Crippen LogP contribution in [0.5, 0.6) is 0 Å². The minimum atomic E-state index is -0.756. The standard InChI is InChI=1S/C16H12Cl2N4O3/c17-9-3-4-11(18)12(6-9)20-14(23)8-22-15(24)10(7-19)13-2-1-5-21(13)16(22)25/h3-4,6H,1-2,5,8H2,(H,20,23). The Labute approximate surface area is 152 Å². The summed E-state index contributed by atoms with van der Waals surface area (Å²) in [5.41, 5.74) is -0.733. The van der Waals surface area contributed by atoms with Gasteiger partial charge < -0.3 is 5.32 Å². The van der Waals surface area contributed by atoms with E-state index in [9.17, 15) is 19.6 Å². The highest BCUT2D eigenvalue weighted by Gasteiger charge is 2.23. The molecule has 1 N–H and O–H groups in total. The normalized spacial score (nSPS) is 12.5. The molecule has 25 heavy (non-hydrogen) atoms. The summed E-state index contributed by atoms with van der Waals surface area (Å²) in [6.07, 6.45) is 1.18. The Bertz CT molecular complexity index is 1030. The molecule has 9 heteroatoms. The predicted molar refractivity (Wildman–Crippen MR) is 93.1 cm³/mol. The monoisotopic (exact) mass is 378 g/mol. The Balaban J connectivity index is 1.95. The van der Waals surface area contributed by atoms with E-state index in [-0.39, 0.29) is 16.3 Å². The number of fused-ring (bicyclic) bond motifs is 1. The minimum absolute atomic E-state index is 0.0920. The summed E-state index contributed by atoms with van der Waals surface area (Å²) in [4.78, 5) is 37.1. The van der Waals surface area contributed by atoms with Crippen LogP contribution in [-0.4, -0.2) is 15.0 Å². The smallest absolute Gasteiger partial charge is 0.323 e. The maximum Gasteiger partial charge on any atom is 0.331 e. The maximum atomic E-state index is 12.4. The van der Waals surface area contributed by atoms with E-state index in [2.05, 4.69) is 5.32 Å². The molecule has 1 aliphatic rings. The highest BCUT2D eigenvalue weighted by atomic mass is 35.5. The van der Waals surface area contributed by atoms with Crippen molar-refractivity contribution in [1.29, 1.82) is 5.26 Å². The van der Waals surface area contributed by atoms with Gasteiger partial charge in [0.25, 0.3) is 5.56 Å². The summed E-state index contributed by atoms with van der Waals surface area (Å²) in [6.45, 7) is -0.0969. The third-order valence-electron chi connectivity index (χ3n) is 3.95. The number of carbonyl (C=O) groups is 1. The molecule has 7 nitrogen and oxygen atoms in total. The molecule has 1 aliphatic heterocycles. The Kier molecular flexibility index (Phi) is 4.66. The zero-order chi connectivity index (χ0) is 18.1. The molecule has 0 spiro atoms. The van der Waals surface area contributed by atoms with Crippen LogP contribution >= 0.6 is 23.2 Å². The summed E-state index contributed by atoms with van der Waals surface area (Å²) >= 11 is 11.8. The average Bonchev–Trinajstić information content (AvgIpc) is 3.05. The van der Waals surface area contributed by atoms with Crippen LogP contribution in [0, 0.1) is 11.3 Å². The van der Waals surface area contributed by atoms with Gasteiger partial charge >= 0.3 is 5.69 Å². The van der Waals surface area contributed by atoms with Crippen LogP contribution < -0.4 is 16.6 Å². The number of nitriles is 1. The first-order chi connectivity index (χ1) is 11.9. The molecule has 0 radical (unpaired) electrons. The van der Waals surface area contributed by atoms with Crippen LogP contribution in [0.25, 0.3) is 0 Å². The number of amides is 1. The van der Waals surface area contributed by atoms with Gasteiger partial charge in [-0.3, -0.25) is 14.2 Å². The van der Waals surface area contributed by atoms with Crippen molar-refractivity contribution < 1.29 is 4.79 Å². The number of rotatable bonds is 3. The van der Waals surface area contributed by atoms with Gasteiger partial charge in [-0.1, -0.05) is 23.2 Å². The lowest BCUT2D eigenvalue weighted by molar-refractivity contribution is -0.116. The minimum Gasteiger partial charge on any atom is -0.323 e. The lowest BCUT2D eigenvalue weighted by atomic mass is 10.2. The second-order valence-electron chi connectivity index (χ2n) is 5.53. The largest absolute Gasteiger partial charge is 0.331 e.